The van der Waals surface area contributed by atoms with E-state index in [0.717, 1.165) is 6.54 Å². The molecule has 1 heteroatoms. The van der Waals surface area contributed by atoms with Crippen LogP contribution in [-0.2, 0) is 0 Å². The predicted molar refractivity (Wildman–Crippen MR) is 77.3 cm³/mol. The van der Waals surface area contributed by atoms with Gasteiger partial charge in [0.2, 0.25) is 0 Å². The molecular formula is C16H31N. The maximum atomic E-state index is 3.76. The summed E-state index contributed by atoms with van der Waals surface area (Å²) in [6.45, 7) is 10.5. The van der Waals surface area contributed by atoms with Crippen LogP contribution in [0.2, 0.25) is 0 Å². The van der Waals surface area contributed by atoms with E-state index in [-0.39, 0.29) is 0 Å². The number of nitrogens with one attached hydrogen (secondary N) is 1. The molecule has 0 bridgehead atoms. The zero-order chi connectivity index (χ0) is 12.7. The Morgan fingerprint density at radius 1 is 1.24 bits per heavy atom. The van der Waals surface area contributed by atoms with Crippen molar-refractivity contribution in [3.63, 3.8) is 0 Å². The quantitative estimate of drug-likeness (QED) is 0.685. The molecule has 1 aliphatic rings. The molecule has 0 amide bonds. The number of hydrogen-bond acceptors (Lipinski definition) is 1. The van der Waals surface area contributed by atoms with E-state index in [1.807, 2.05) is 0 Å². The van der Waals surface area contributed by atoms with Crippen molar-refractivity contribution in [3.8, 4) is 0 Å². The van der Waals surface area contributed by atoms with Gasteiger partial charge in [0, 0.05) is 6.04 Å². The second-order valence-corrected chi connectivity index (χ2v) is 6.65. The van der Waals surface area contributed by atoms with E-state index in [0.29, 0.717) is 11.5 Å². The second kappa shape index (κ2) is 7.20. The van der Waals surface area contributed by atoms with E-state index < -0.39 is 0 Å². The molecule has 17 heavy (non-hydrogen) atoms. The van der Waals surface area contributed by atoms with Crippen molar-refractivity contribution in [1.82, 2.24) is 5.32 Å². The summed E-state index contributed by atoms with van der Waals surface area (Å²) in [5.41, 5.74) is 2.10. The first kappa shape index (κ1) is 14.8. The van der Waals surface area contributed by atoms with E-state index in [4.69, 9.17) is 0 Å². The van der Waals surface area contributed by atoms with Crippen molar-refractivity contribution < 1.29 is 0 Å². The third kappa shape index (κ3) is 6.26. The van der Waals surface area contributed by atoms with Crippen molar-refractivity contribution in [2.75, 3.05) is 6.54 Å². The molecule has 1 N–H and O–H groups in total. The van der Waals surface area contributed by atoms with Gasteiger partial charge < -0.3 is 5.32 Å². The Kier molecular flexibility index (Phi) is 6.26. The van der Waals surface area contributed by atoms with Crippen LogP contribution in [0, 0.1) is 5.41 Å². The van der Waals surface area contributed by atoms with Gasteiger partial charge in [-0.25, -0.2) is 0 Å². The lowest BCUT2D eigenvalue weighted by atomic mass is 9.84. The fourth-order valence-electron chi connectivity index (χ4n) is 2.62. The number of allylic oxidation sites excluding steroid dienone is 1. The van der Waals surface area contributed by atoms with E-state index >= 15 is 0 Å². The molecule has 0 aromatic heterocycles. The highest BCUT2D eigenvalue weighted by molar-refractivity contribution is 5.13. The molecular weight excluding hydrogens is 206 g/mol. The summed E-state index contributed by atoms with van der Waals surface area (Å²) in [6.07, 6.45) is 11.8. The van der Waals surface area contributed by atoms with Gasteiger partial charge in [0.25, 0.3) is 0 Å². The first-order chi connectivity index (χ1) is 8.03. The highest BCUT2D eigenvalue weighted by Crippen LogP contribution is 2.28. The average Bonchev–Trinajstić information content (AvgIpc) is 2.51. The normalized spacial score (nSPS) is 19.6. The summed E-state index contributed by atoms with van der Waals surface area (Å²) in [5.74, 6) is 0. The molecule has 0 heterocycles. The van der Waals surface area contributed by atoms with Crippen LogP contribution in [0.1, 0.15) is 72.6 Å². The maximum absolute atomic E-state index is 3.76. The van der Waals surface area contributed by atoms with Gasteiger partial charge in [-0.15, -0.1) is 0 Å². The van der Waals surface area contributed by atoms with Crippen LogP contribution in [0.3, 0.4) is 0 Å². The monoisotopic (exact) mass is 237 g/mol. The SMILES string of the molecule is CCCNC(CC(C)(C)C)C1=CCCCCC1. The van der Waals surface area contributed by atoms with Crippen LogP contribution in [0.4, 0.5) is 0 Å². The molecule has 1 nitrogen and oxygen atoms in total. The lowest BCUT2D eigenvalue weighted by Gasteiger charge is -2.29. The van der Waals surface area contributed by atoms with Crippen LogP contribution in [0.5, 0.6) is 0 Å². The summed E-state index contributed by atoms with van der Waals surface area (Å²) < 4.78 is 0. The Morgan fingerprint density at radius 2 is 2.00 bits per heavy atom. The van der Waals surface area contributed by atoms with Crippen LogP contribution < -0.4 is 5.32 Å². The summed E-state index contributed by atoms with van der Waals surface area (Å²) in [4.78, 5) is 0. The zero-order valence-electron chi connectivity index (χ0n) is 12.3. The molecule has 0 fully saturated rings. The van der Waals surface area contributed by atoms with Crippen LogP contribution in [0.15, 0.2) is 11.6 Å². The Bertz CT molecular complexity index is 234. The summed E-state index contributed by atoms with van der Waals surface area (Å²) in [7, 11) is 0. The number of hydrogen-bond donors (Lipinski definition) is 1. The smallest absolute Gasteiger partial charge is 0.0284 e. The minimum atomic E-state index is 0.415. The van der Waals surface area contributed by atoms with Gasteiger partial charge in [-0.2, -0.15) is 0 Å². The minimum Gasteiger partial charge on any atom is -0.310 e. The Morgan fingerprint density at radius 3 is 2.65 bits per heavy atom. The molecule has 0 radical (unpaired) electrons. The minimum absolute atomic E-state index is 0.415. The third-order valence-corrected chi connectivity index (χ3v) is 3.48. The second-order valence-electron chi connectivity index (χ2n) is 6.65. The molecule has 1 atom stereocenters. The van der Waals surface area contributed by atoms with Crippen LogP contribution >= 0.6 is 0 Å². The third-order valence-electron chi connectivity index (χ3n) is 3.48. The van der Waals surface area contributed by atoms with Gasteiger partial charge in [0.1, 0.15) is 0 Å². The van der Waals surface area contributed by atoms with Gasteiger partial charge in [-0.05, 0) is 50.5 Å². The van der Waals surface area contributed by atoms with E-state index in [9.17, 15) is 0 Å². The topological polar surface area (TPSA) is 12.0 Å². The fourth-order valence-corrected chi connectivity index (χ4v) is 2.62. The van der Waals surface area contributed by atoms with Gasteiger partial charge in [0.05, 0.1) is 0 Å². The van der Waals surface area contributed by atoms with Gasteiger partial charge in [0.15, 0.2) is 0 Å². The Balaban J connectivity index is 2.62. The molecule has 1 unspecified atom stereocenters. The van der Waals surface area contributed by atoms with Gasteiger partial charge in [-0.1, -0.05) is 45.8 Å². The average molecular weight is 237 g/mol. The van der Waals surface area contributed by atoms with Crippen molar-refractivity contribution in [2.45, 2.75) is 78.7 Å². The lowest BCUT2D eigenvalue weighted by molar-refractivity contribution is 0.325. The van der Waals surface area contributed by atoms with Crippen molar-refractivity contribution >= 4 is 0 Å². The van der Waals surface area contributed by atoms with Crippen molar-refractivity contribution in [3.05, 3.63) is 11.6 Å². The first-order valence-electron chi connectivity index (χ1n) is 7.45. The molecule has 0 saturated heterocycles. The Hall–Kier alpha value is -0.300. The van der Waals surface area contributed by atoms with Crippen LogP contribution in [0.25, 0.3) is 0 Å². The molecule has 1 aliphatic carbocycles. The molecule has 1 rings (SSSR count). The summed E-state index contributed by atoms with van der Waals surface area (Å²) >= 11 is 0. The molecule has 0 aliphatic heterocycles. The lowest BCUT2D eigenvalue weighted by Crippen LogP contribution is -2.35. The van der Waals surface area contributed by atoms with Crippen molar-refractivity contribution in [1.29, 1.82) is 0 Å². The van der Waals surface area contributed by atoms with Gasteiger partial charge in [-0.3, -0.25) is 0 Å². The molecule has 0 aromatic carbocycles. The highest BCUT2D eigenvalue weighted by Gasteiger charge is 2.21. The molecule has 100 valence electrons. The predicted octanol–water partition coefficient (Wildman–Crippen LogP) is 4.68. The maximum Gasteiger partial charge on any atom is 0.0284 e. The standard InChI is InChI=1S/C16H31N/c1-5-12-17-15(13-16(2,3)4)14-10-8-6-7-9-11-14/h10,15,17H,5-9,11-13H2,1-4H3. The summed E-state index contributed by atoms with van der Waals surface area (Å²) in [5, 5.41) is 3.76. The van der Waals surface area contributed by atoms with E-state index in [1.54, 1.807) is 5.57 Å². The summed E-state index contributed by atoms with van der Waals surface area (Å²) in [6, 6.07) is 0.619. The van der Waals surface area contributed by atoms with Crippen molar-refractivity contribution in [2.24, 2.45) is 5.41 Å². The van der Waals surface area contributed by atoms with E-state index in [2.05, 4.69) is 39.1 Å². The number of rotatable bonds is 5. The molecule has 0 spiro atoms. The highest BCUT2D eigenvalue weighted by atomic mass is 14.9. The zero-order valence-corrected chi connectivity index (χ0v) is 12.3. The molecule has 0 saturated carbocycles. The molecule has 0 aromatic rings. The Labute approximate surface area is 108 Å². The van der Waals surface area contributed by atoms with E-state index in [1.165, 1.54) is 44.9 Å². The first-order valence-corrected chi connectivity index (χ1v) is 7.45. The fraction of sp³-hybridized carbons (Fsp3) is 0.875. The largest absolute Gasteiger partial charge is 0.310 e. The van der Waals surface area contributed by atoms with Crippen LogP contribution in [-0.4, -0.2) is 12.6 Å². The van der Waals surface area contributed by atoms with Gasteiger partial charge >= 0.3 is 0 Å².